The molecule has 0 aliphatic carbocycles. The van der Waals surface area contributed by atoms with Gasteiger partial charge in [0.05, 0.1) is 6.61 Å². The first-order valence-corrected chi connectivity index (χ1v) is 5.98. The Morgan fingerprint density at radius 2 is 2.06 bits per heavy atom. The average molecular weight is 235 g/mol. The first-order valence-electron chi connectivity index (χ1n) is 5.98. The summed E-state index contributed by atoms with van der Waals surface area (Å²) >= 11 is 0. The fraction of sp³-hybridized carbons (Fsp3) is 0.429. The predicted molar refractivity (Wildman–Crippen MR) is 70.3 cm³/mol. The van der Waals surface area contributed by atoms with Gasteiger partial charge in [0.2, 0.25) is 0 Å². The molecule has 0 saturated heterocycles. The van der Waals surface area contributed by atoms with Gasteiger partial charge in [0, 0.05) is 19.7 Å². The number of hydrogen-bond donors (Lipinski definition) is 1. The standard InChI is InChI=1S/C14H21NO2/c1-3-10-17-14-7-5-13(6-8-14)12-15-9-11-16-4-2/h3,5-8,15H,1,4,9-12H2,2H3. The van der Waals surface area contributed by atoms with E-state index in [2.05, 4.69) is 24.0 Å². The number of hydrogen-bond acceptors (Lipinski definition) is 3. The van der Waals surface area contributed by atoms with Crippen LogP contribution in [0.2, 0.25) is 0 Å². The van der Waals surface area contributed by atoms with Gasteiger partial charge < -0.3 is 14.8 Å². The fourth-order valence-electron chi connectivity index (χ4n) is 1.38. The van der Waals surface area contributed by atoms with Crippen LogP contribution in [-0.2, 0) is 11.3 Å². The van der Waals surface area contributed by atoms with Gasteiger partial charge in [-0.15, -0.1) is 0 Å². The van der Waals surface area contributed by atoms with Gasteiger partial charge in [0.25, 0.3) is 0 Å². The lowest BCUT2D eigenvalue weighted by Crippen LogP contribution is -2.19. The molecule has 0 spiro atoms. The summed E-state index contributed by atoms with van der Waals surface area (Å²) in [6, 6.07) is 8.07. The van der Waals surface area contributed by atoms with Crippen LogP contribution in [0.5, 0.6) is 5.75 Å². The summed E-state index contributed by atoms with van der Waals surface area (Å²) in [6.07, 6.45) is 1.74. The Bertz CT molecular complexity index is 309. The van der Waals surface area contributed by atoms with Crippen LogP contribution in [0.3, 0.4) is 0 Å². The van der Waals surface area contributed by atoms with Crippen LogP contribution in [0.1, 0.15) is 12.5 Å². The molecule has 0 aromatic heterocycles. The van der Waals surface area contributed by atoms with E-state index in [1.54, 1.807) is 6.08 Å². The van der Waals surface area contributed by atoms with Crippen LogP contribution in [0.4, 0.5) is 0 Å². The third kappa shape index (κ3) is 6.09. The molecule has 0 amide bonds. The zero-order valence-corrected chi connectivity index (χ0v) is 10.4. The normalized spacial score (nSPS) is 10.2. The van der Waals surface area contributed by atoms with E-state index in [1.165, 1.54) is 5.56 Å². The van der Waals surface area contributed by atoms with Gasteiger partial charge in [0.15, 0.2) is 0 Å². The third-order valence-corrected chi connectivity index (χ3v) is 2.25. The Morgan fingerprint density at radius 3 is 2.71 bits per heavy atom. The molecule has 1 aromatic carbocycles. The third-order valence-electron chi connectivity index (χ3n) is 2.25. The molecular formula is C14H21NO2. The van der Waals surface area contributed by atoms with E-state index in [-0.39, 0.29) is 0 Å². The van der Waals surface area contributed by atoms with Gasteiger partial charge in [-0.2, -0.15) is 0 Å². The first-order chi connectivity index (χ1) is 8.36. The van der Waals surface area contributed by atoms with Crippen molar-refractivity contribution in [2.75, 3.05) is 26.4 Å². The highest BCUT2D eigenvalue weighted by atomic mass is 16.5. The molecule has 0 fully saturated rings. The van der Waals surface area contributed by atoms with E-state index < -0.39 is 0 Å². The number of benzene rings is 1. The molecule has 94 valence electrons. The molecule has 17 heavy (non-hydrogen) atoms. The second kappa shape index (κ2) is 8.79. The minimum Gasteiger partial charge on any atom is -0.490 e. The summed E-state index contributed by atoms with van der Waals surface area (Å²) in [4.78, 5) is 0. The zero-order valence-electron chi connectivity index (χ0n) is 10.4. The molecule has 3 nitrogen and oxygen atoms in total. The van der Waals surface area contributed by atoms with Crippen molar-refractivity contribution in [3.8, 4) is 5.75 Å². The maximum absolute atomic E-state index is 5.41. The van der Waals surface area contributed by atoms with Gasteiger partial charge in [0.1, 0.15) is 12.4 Å². The van der Waals surface area contributed by atoms with Gasteiger partial charge in [-0.3, -0.25) is 0 Å². The highest BCUT2D eigenvalue weighted by molar-refractivity contribution is 5.27. The van der Waals surface area contributed by atoms with Gasteiger partial charge in [-0.25, -0.2) is 0 Å². The summed E-state index contributed by atoms with van der Waals surface area (Å²) in [5.41, 5.74) is 1.24. The summed E-state index contributed by atoms with van der Waals surface area (Å²) in [5.74, 6) is 0.878. The fourth-order valence-corrected chi connectivity index (χ4v) is 1.38. The molecule has 0 heterocycles. The highest BCUT2D eigenvalue weighted by Crippen LogP contribution is 2.11. The van der Waals surface area contributed by atoms with Crippen molar-refractivity contribution in [1.29, 1.82) is 0 Å². The lowest BCUT2D eigenvalue weighted by Gasteiger charge is -2.07. The Hall–Kier alpha value is -1.32. The minimum absolute atomic E-state index is 0.548. The van der Waals surface area contributed by atoms with Crippen molar-refractivity contribution in [2.45, 2.75) is 13.5 Å². The van der Waals surface area contributed by atoms with Gasteiger partial charge >= 0.3 is 0 Å². The highest BCUT2D eigenvalue weighted by Gasteiger charge is 1.94. The first kappa shape index (κ1) is 13.7. The monoisotopic (exact) mass is 235 g/mol. The Kier molecular flexibility index (Phi) is 7.11. The zero-order chi connectivity index (χ0) is 12.3. The maximum atomic E-state index is 5.41. The van der Waals surface area contributed by atoms with E-state index in [0.29, 0.717) is 6.61 Å². The van der Waals surface area contributed by atoms with Crippen molar-refractivity contribution in [2.24, 2.45) is 0 Å². The Labute approximate surface area is 103 Å². The summed E-state index contributed by atoms with van der Waals surface area (Å²) in [7, 11) is 0. The molecule has 0 aliphatic heterocycles. The van der Waals surface area contributed by atoms with Crippen LogP contribution in [0.15, 0.2) is 36.9 Å². The molecule has 1 N–H and O–H groups in total. The minimum atomic E-state index is 0.548. The second-order valence-corrected chi connectivity index (χ2v) is 3.62. The lowest BCUT2D eigenvalue weighted by molar-refractivity contribution is 0.149. The van der Waals surface area contributed by atoms with E-state index in [4.69, 9.17) is 9.47 Å². The molecule has 0 radical (unpaired) electrons. The topological polar surface area (TPSA) is 30.5 Å². The van der Waals surface area contributed by atoms with Crippen molar-refractivity contribution in [1.82, 2.24) is 5.32 Å². The van der Waals surface area contributed by atoms with Crippen LogP contribution in [0, 0.1) is 0 Å². The molecule has 1 aromatic rings. The SMILES string of the molecule is C=CCOc1ccc(CNCCOCC)cc1. The molecule has 0 saturated carbocycles. The number of rotatable bonds is 9. The van der Waals surface area contributed by atoms with Crippen LogP contribution in [-0.4, -0.2) is 26.4 Å². The average Bonchev–Trinajstić information content (AvgIpc) is 2.37. The van der Waals surface area contributed by atoms with Crippen molar-refractivity contribution in [3.05, 3.63) is 42.5 Å². The van der Waals surface area contributed by atoms with E-state index in [1.807, 2.05) is 19.1 Å². The van der Waals surface area contributed by atoms with E-state index >= 15 is 0 Å². The number of ether oxygens (including phenoxy) is 2. The largest absolute Gasteiger partial charge is 0.490 e. The summed E-state index contributed by atoms with van der Waals surface area (Å²) < 4.78 is 10.7. The molecule has 0 bridgehead atoms. The summed E-state index contributed by atoms with van der Waals surface area (Å²) in [5, 5.41) is 3.32. The molecule has 1 rings (SSSR count). The predicted octanol–water partition coefficient (Wildman–Crippen LogP) is 2.38. The molecule has 0 aliphatic rings. The van der Waals surface area contributed by atoms with Crippen molar-refractivity contribution < 1.29 is 9.47 Å². The van der Waals surface area contributed by atoms with Crippen molar-refractivity contribution in [3.63, 3.8) is 0 Å². The lowest BCUT2D eigenvalue weighted by atomic mass is 10.2. The molecule has 3 heteroatoms. The molecule has 0 atom stereocenters. The van der Waals surface area contributed by atoms with Gasteiger partial charge in [-0.05, 0) is 24.6 Å². The quantitative estimate of drug-likeness (QED) is 0.526. The van der Waals surface area contributed by atoms with Gasteiger partial charge in [-0.1, -0.05) is 24.8 Å². The Morgan fingerprint density at radius 1 is 1.29 bits per heavy atom. The summed E-state index contributed by atoms with van der Waals surface area (Å²) in [6.45, 7) is 9.43. The number of nitrogens with one attached hydrogen (secondary N) is 1. The smallest absolute Gasteiger partial charge is 0.119 e. The maximum Gasteiger partial charge on any atom is 0.119 e. The van der Waals surface area contributed by atoms with Crippen LogP contribution < -0.4 is 10.1 Å². The van der Waals surface area contributed by atoms with Crippen LogP contribution >= 0.6 is 0 Å². The second-order valence-electron chi connectivity index (χ2n) is 3.62. The van der Waals surface area contributed by atoms with E-state index in [0.717, 1.165) is 32.1 Å². The Balaban J connectivity index is 2.23. The molecular weight excluding hydrogens is 214 g/mol. The van der Waals surface area contributed by atoms with E-state index in [9.17, 15) is 0 Å². The van der Waals surface area contributed by atoms with Crippen LogP contribution in [0.25, 0.3) is 0 Å². The molecule has 0 unspecified atom stereocenters. The van der Waals surface area contributed by atoms with Crippen molar-refractivity contribution >= 4 is 0 Å².